The number of nitrogens with zero attached hydrogens (tertiary/aromatic N) is 1. The number of carbonyl (C=O) groups is 1. The summed E-state index contributed by atoms with van der Waals surface area (Å²) < 4.78 is 0. The lowest BCUT2D eigenvalue weighted by Crippen LogP contribution is -2.45. The highest BCUT2D eigenvalue weighted by atomic mass is 32.1. The van der Waals surface area contributed by atoms with Crippen LogP contribution in [0.3, 0.4) is 0 Å². The van der Waals surface area contributed by atoms with Gasteiger partial charge >= 0.3 is 0 Å². The van der Waals surface area contributed by atoms with Crippen LogP contribution in [0.1, 0.15) is 42.2 Å². The SMILES string of the molecule is CC1CCNC(C(=O)Nc2sc3c(c2C#N)CCC3)C1. The lowest BCUT2D eigenvalue weighted by Gasteiger charge is -2.27. The molecule has 1 aromatic rings. The average Bonchev–Trinajstić information content (AvgIpc) is 2.98. The molecule has 0 aromatic carbocycles. The number of anilines is 1. The molecule has 1 saturated heterocycles. The van der Waals surface area contributed by atoms with Crippen LogP contribution >= 0.6 is 11.3 Å². The van der Waals surface area contributed by atoms with Gasteiger partial charge in [0.05, 0.1) is 11.6 Å². The maximum atomic E-state index is 12.3. The van der Waals surface area contributed by atoms with E-state index in [-0.39, 0.29) is 11.9 Å². The van der Waals surface area contributed by atoms with Crippen molar-refractivity contribution in [2.24, 2.45) is 5.92 Å². The maximum Gasteiger partial charge on any atom is 0.242 e. The zero-order valence-corrected chi connectivity index (χ0v) is 12.5. The number of rotatable bonds is 2. The Kier molecular flexibility index (Phi) is 3.77. The van der Waals surface area contributed by atoms with Gasteiger partial charge in [-0.15, -0.1) is 11.3 Å². The number of amides is 1. The van der Waals surface area contributed by atoms with Crippen molar-refractivity contribution in [1.29, 1.82) is 5.26 Å². The Bertz CT molecular complexity index is 572. The molecule has 2 atom stereocenters. The Morgan fingerprint density at radius 2 is 2.35 bits per heavy atom. The number of hydrogen-bond donors (Lipinski definition) is 2. The van der Waals surface area contributed by atoms with E-state index in [4.69, 9.17) is 0 Å². The quantitative estimate of drug-likeness (QED) is 0.879. The Morgan fingerprint density at radius 3 is 3.10 bits per heavy atom. The number of hydrogen-bond acceptors (Lipinski definition) is 4. The first-order chi connectivity index (χ1) is 9.69. The summed E-state index contributed by atoms with van der Waals surface area (Å²) in [7, 11) is 0. The van der Waals surface area contributed by atoms with Crippen LogP contribution in [-0.2, 0) is 17.6 Å². The second kappa shape index (κ2) is 5.55. The molecule has 1 fully saturated rings. The van der Waals surface area contributed by atoms with Gasteiger partial charge in [0.25, 0.3) is 0 Å². The molecular weight excluding hydrogens is 270 g/mol. The molecule has 20 heavy (non-hydrogen) atoms. The fraction of sp³-hybridized carbons (Fsp3) is 0.600. The molecule has 106 valence electrons. The van der Waals surface area contributed by atoms with Crippen molar-refractivity contribution in [2.45, 2.75) is 45.1 Å². The summed E-state index contributed by atoms with van der Waals surface area (Å²) in [6.07, 6.45) is 5.15. The molecule has 4 nitrogen and oxygen atoms in total. The number of nitriles is 1. The lowest BCUT2D eigenvalue weighted by atomic mass is 9.94. The Balaban J connectivity index is 1.75. The zero-order valence-electron chi connectivity index (χ0n) is 11.7. The minimum atomic E-state index is -0.123. The van der Waals surface area contributed by atoms with Gasteiger partial charge in [0, 0.05) is 4.88 Å². The van der Waals surface area contributed by atoms with Crippen molar-refractivity contribution in [3.05, 3.63) is 16.0 Å². The topological polar surface area (TPSA) is 64.9 Å². The second-order valence-electron chi connectivity index (χ2n) is 5.80. The first kappa shape index (κ1) is 13.6. The fourth-order valence-electron chi connectivity index (χ4n) is 3.12. The Morgan fingerprint density at radius 1 is 1.50 bits per heavy atom. The predicted octanol–water partition coefficient (Wildman–Crippen LogP) is 2.44. The molecular formula is C15H19N3OS. The van der Waals surface area contributed by atoms with E-state index in [1.165, 1.54) is 4.88 Å². The molecule has 1 aliphatic heterocycles. The minimum absolute atomic E-state index is 0.00738. The molecule has 2 heterocycles. The van der Waals surface area contributed by atoms with Crippen LogP contribution in [0.15, 0.2) is 0 Å². The van der Waals surface area contributed by atoms with E-state index in [1.54, 1.807) is 11.3 Å². The van der Waals surface area contributed by atoms with Crippen LogP contribution in [-0.4, -0.2) is 18.5 Å². The third-order valence-corrected chi connectivity index (χ3v) is 5.46. The molecule has 0 radical (unpaired) electrons. The van der Waals surface area contributed by atoms with Crippen molar-refractivity contribution >= 4 is 22.2 Å². The normalized spacial score (nSPS) is 25.0. The van der Waals surface area contributed by atoms with E-state index in [2.05, 4.69) is 23.6 Å². The second-order valence-corrected chi connectivity index (χ2v) is 6.90. The third kappa shape index (κ3) is 2.46. The van der Waals surface area contributed by atoms with Gasteiger partial charge in [0.2, 0.25) is 5.91 Å². The predicted molar refractivity (Wildman–Crippen MR) is 79.9 cm³/mol. The van der Waals surface area contributed by atoms with E-state index >= 15 is 0 Å². The third-order valence-electron chi connectivity index (χ3n) is 4.25. The highest BCUT2D eigenvalue weighted by Gasteiger charge is 2.27. The number of aryl methyl sites for hydroxylation is 1. The van der Waals surface area contributed by atoms with Gasteiger partial charge in [0.1, 0.15) is 11.1 Å². The van der Waals surface area contributed by atoms with Crippen LogP contribution in [0.4, 0.5) is 5.00 Å². The summed E-state index contributed by atoms with van der Waals surface area (Å²) in [5.74, 6) is 0.587. The van der Waals surface area contributed by atoms with Gasteiger partial charge in [-0.05, 0) is 50.1 Å². The standard InChI is InChI=1S/C15H19N3OS/c1-9-5-6-17-12(7-9)14(19)18-15-11(8-16)10-3-2-4-13(10)20-15/h9,12,17H,2-7H2,1H3,(H,18,19). The van der Waals surface area contributed by atoms with E-state index in [1.807, 2.05) is 0 Å². The number of carbonyl (C=O) groups excluding carboxylic acids is 1. The molecule has 5 heteroatoms. The maximum absolute atomic E-state index is 12.3. The van der Waals surface area contributed by atoms with Gasteiger partial charge in [-0.2, -0.15) is 5.26 Å². The van der Waals surface area contributed by atoms with E-state index < -0.39 is 0 Å². The monoisotopic (exact) mass is 289 g/mol. The van der Waals surface area contributed by atoms with E-state index in [0.717, 1.165) is 49.2 Å². The van der Waals surface area contributed by atoms with Gasteiger partial charge in [-0.3, -0.25) is 4.79 Å². The van der Waals surface area contributed by atoms with Crippen LogP contribution in [0, 0.1) is 17.2 Å². The summed E-state index contributed by atoms with van der Waals surface area (Å²) in [5.41, 5.74) is 1.86. The summed E-state index contributed by atoms with van der Waals surface area (Å²) >= 11 is 1.58. The van der Waals surface area contributed by atoms with E-state index in [0.29, 0.717) is 11.5 Å². The average molecular weight is 289 g/mol. The lowest BCUT2D eigenvalue weighted by molar-refractivity contribution is -0.118. The Labute approximate surface area is 123 Å². The van der Waals surface area contributed by atoms with Gasteiger partial charge < -0.3 is 10.6 Å². The Hall–Kier alpha value is -1.38. The van der Waals surface area contributed by atoms with Crippen LogP contribution in [0.25, 0.3) is 0 Å². The van der Waals surface area contributed by atoms with Crippen molar-refractivity contribution in [2.75, 3.05) is 11.9 Å². The summed E-state index contributed by atoms with van der Waals surface area (Å²) in [6.45, 7) is 3.08. The van der Waals surface area contributed by atoms with E-state index in [9.17, 15) is 10.1 Å². The number of thiophene rings is 1. The number of piperidine rings is 1. The molecule has 0 spiro atoms. The summed E-state index contributed by atoms with van der Waals surface area (Å²) in [5, 5.41) is 16.3. The molecule has 1 aliphatic carbocycles. The highest BCUT2D eigenvalue weighted by molar-refractivity contribution is 7.16. The van der Waals surface area contributed by atoms with Gasteiger partial charge in [-0.25, -0.2) is 0 Å². The molecule has 2 N–H and O–H groups in total. The zero-order chi connectivity index (χ0) is 14.1. The van der Waals surface area contributed by atoms with Crippen LogP contribution in [0.5, 0.6) is 0 Å². The van der Waals surface area contributed by atoms with Crippen LogP contribution in [0.2, 0.25) is 0 Å². The van der Waals surface area contributed by atoms with Gasteiger partial charge in [0.15, 0.2) is 0 Å². The number of fused-ring (bicyclic) bond motifs is 1. The molecule has 0 bridgehead atoms. The largest absolute Gasteiger partial charge is 0.315 e. The highest BCUT2D eigenvalue weighted by Crippen LogP contribution is 2.38. The molecule has 3 rings (SSSR count). The summed E-state index contributed by atoms with van der Waals surface area (Å²) in [6, 6.07) is 2.15. The molecule has 0 saturated carbocycles. The van der Waals surface area contributed by atoms with Crippen LogP contribution < -0.4 is 10.6 Å². The molecule has 2 aliphatic rings. The first-order valence-corrected chi connectivity index (χ1v) is 8.09. The van der Waals surface area contributed by atoms with Crippen molar-refractivity contribution in [3.63, 3.8) is 0 Å². The van der Waals surface area contributed by atoms with Gasteiger partial charge in [-0.1, -0.05) is 6.92 Å². The van der Waals surface area contributed by atoms with Crippen molar-refractivity contribution < 1.29 is 4.79 Å². The smallest absolute Gasteiger partial charge is 0.242 e. The first-order valence-electron chi connectivity index (χ1n) is 7.28. The molecule has 1 aromatic heterocycles. The fourth-order valence-corrected chi connectivity index (χ4v) is 4.36. The number of nitrogens with one attached hydrogen (secondary N) is 2. The summed E-state index contributed by atoms with van der Waals surface area (Å²) in [4.78, 5) is 13.6. The molecule has 2 unspecified atom stereocenters. The van der Waals surface area contributed by atoms with Crippen molar-refractivity contribution in [1.82, 2.24) is 5.32 Å². The van der Waals surface area contributed by atoms with Crippen molar-refractivity contribution in [3.8, 4) is 6.07 Å². The minimum Gasteiger partial charge on any atom is -0.315 e. The molecule has 1 amide bonds.